The van der Waals surface area contributed by atoms with Gasteiger partial charge in [-0.15, -0.1) is 11.3 Å². The summed E-state index contributed by atoms with van der Waals surface area (Å²) in [5.74, 6) is 0.656. The highest BCUT2D eigenvalue weighted by Crippen LogP contribution is 2.48. The molecule has 10 heteroatoms. The normalized spacial score (nSPS) is 20.5. The van der Waals surface area contributed by atoms with Gasteiger partial charge in [0.25, 0.3) is 5.91 Å². The lowest BCUT2D eigenvalue weighted by atomic mass is 9.95. The van der Waals surface area contributed by atoms with Gasteiger partial charge in [-0.05, 0) is 62.7 Å². The van der Waals surface area contributed by atoms with Gasteiger partial charge in [-0.1, -0.05) is 0 Å². The summed E-state index contributed by atoms with van der Waals surface area (Å²) in [5.41, 5.74) is 10.2. The standard InChI is InChI=1S/C28H29FN6O2S/c1-15-31-23(14-38-15)22-11-24(34(4)33-22)27(36)35-12-19-20(13-35)26(19)37-25-10-17(28(2,3)30)9-21(32-25)16-5-7-18(29)8-6-16/h5-11,14,19-20,26H,12-13,30H2,1-4H3. The second-order valence-electron chi connectivity index (χ2n) is 10.7. The van der Waals surface area contributed by atoms with Gasteiger partial charge in [0, 0.05) is 54.5 Å². The third-order valence-electron chi connectivity index (χ3n) is 7.33. The zero-order valence-electron chi connectivity index (χ0n) is 21.7. The monoisotopic (exact) mass is 532 g/mol. The Kier molecular flexibility index (Phi) is 5.84. The Bertz CT molecular complexity index is 1510. The molecule has 2 atom stereocenters. The molecule has 0 radical (unpaired) electrons. The van der Waals surface area contributed by atoms with E-state index in [1.54, 1.807) is 35.2 Å². The molecule has 1 saturated heterocycles. The molecule has 1 aromatic carbocycles. The second-order valence-corrected chi connectivity index (χ2v) is 11.8. The number of thiazole rings is 1. The molecule has 8 nitrogen and oxygen atoms in total. The van der Waals surface area contributed by atoms with Crippen LogP contribution in [0.2, 0.25) is 0 Å². The van der Waals surface area contributed by atoms with Crippen molar-refractivity contribution < 1.29 is 13.9 Å². The SMILES string of the molecule is Cc1nc(-c2cc(C(=O)N3CC4C(C3)C4Oc3cc(C(C)(C)N)cc(-c4ccc(F)cc4)n3)n(C)n2)cs1. The summed E-state index contributed by atoms with van der Waals surface area (Å²) in [6.45, 7) is 7.05. The molecule has 38 heavy (non-hydrogen) atoms. The number of nitrogens with two attached hydrogens (primary N) is 1. The van der Waals surface area contributed by atoms with Crippen LogP contribution in [0.4, 0.5) is 4.39 Å². The predicted octanol–water partition coefficient (Wildman–Crippen LogP) is 4.40. The van der Waals surface area contributed by atoms with Crippen LogP contribution in [0.3, 0.4) is 0 Å². The number of likely N-dealkylation sites (tertiary alicyclic amines) is 1. The number of hydrogen-bond donors (Lipinski definition) is 1. The first-order valence-corrected chi connectivity index (χ1v) is 13.4. The number of aromatic nitrogens is 4. The first-order chi connectivity index (χ1) is 18.1. The number of carbonyl (C=O) groups is 1. The largest absolute Gasteiger partial charge is 0.474 e. The van der Waals surface area contributed by atoms with Crippen molar-refractivity contribution in [2.24, 2.45) is 24.6 Å². The minimum absolute atomic E-state index is 0.0103. The van der Waals surface area contributed by atoms with E-state index in [9.17, 15) is 9.18 Å². The lowest BCUT2D eigenvalue weighted by molar-refractivity contribution is 0.0740. The van der Waals surface area contributed by atoms with Crippen LogP contribution >= 0.6 is 11.3 Å². The van der Waals surface area contributed by atoms with Crippen LogP contribution in [0.5, 0.6) is 5.88 Å². The number of carbonyl (C=O) groups excluding carboxylic acids is 1. The molecule has 1 aliphatic carbocycles. The summed E-state index contributed by atoms with van der Waals surface area (Å²) in [6.07, 6.45) is -0.0103. The molecule has 2 aliphatic rings. The minimum Gasteiger partial charge on any atom is -0.474 e. The Balaban J connectivity index is 1.16. The number of ether oxygens (including phenoxy) is 1. The Morgan fingerprint density at radius 3 is 2.42 bits per heavy atom. The highest BCUT2D eigenvalue weighted by Gasteiger charge is 2.59. The number of benzene rings is 1. The van der Waals surface area contributed by atoms with Crippen LogP contribution in [-0.4, -0.2) is 49.7 Å². The molecule has 1 aliphatic heterocycles. The molecule has 2 fully saturated rings. The van der Waals surface area contributed by atoms with E-state index in [0.717, 1.165) is 21.8 Å². The van der Waals surface area contributed by atoms with Gasteiger partial charge in [-0.25, -0.2) is 14.4 Å². The van der Waals surface area contributed by atoms with Crippen LogP contribution in [0.15, 0.2) is 47.8 Å². The van der Waals surface area contributed by atoms with E-state index in [1.807, 2.05) is 49.3 Å². The molecule has 0 spiro atoms. The highest BCUT2D eigenvalue weighted by molar-refractivity contribution is 7.09. The van der Waals surface area contributed by atoms with Crippen molar-refractivity contribution in [3.05, 3.63) is 69.9 Å². The molecule has 6 rings (SSSR count). The second kappa shape index (κ2) is 8.99. The molecule has 0 bridgehead atoms. The third kappa shape index (κ3) is 4.58. The first kappa shape index (κ1) is 24.7. The lowest BCUT2D eigenvalue weighted by Gasteiger charge is -2.22. The summed E-state index contributed by atoms with van der Waals surface area (Å²) < 4.78 is 21.4. The number of piperidine rings is 1. The number of aryl methyl sites for hydroxylation is 2. The van der Waals surface area contributed by atoms with E-state index >= 15 is 0 Å². The van der Waals surface area contributed by atoms with Crippen molar-refractivity contribution in [1.29, 1.82) is 0 Å². The van der Waals surface area contributed by atoms with E-state index in [4.69, 9.17) is 15.5 Å². The van der Waals surface area contributed by atoms with Gasteiger partial charge in [0.1, 0.15) is 29.0 Å². The maximum absolute atomic E-state index is 13.5. The zero-order chi connectivity index (χ0) is 26.8. The van der Waals surface area contributed by atoms with Crippen molar-refractivity contribution in [3.8, 4) is 28.5 Å². The molecule has 2 unspecified atom stereocenters. The summed E-state index contributed by atoms with van der Waals surface area (Å²) in [6, 6.07) is 11.8. The molecular formula is C28H29FN6O2S. The molecule has 2 N–H and O–H groups in total. The smallest absolute Gasteiger partial charge is 0.272 e. The van der Waals surface area contributed by atoms with Gasteiger partial charge in [-0.3, -0.25) is 9.48 Å². The van der Waals surface area contributed by atoms with Gasteiger partial charge in [-0.2, -0.15) is 5.10 Å². The summed E-state index contributed by atoms with van der Waals surface area (Å²) in [7, 11) is 1.79. The zero-order valence-corrected chi connectivity index (χ0v) is 22.5. The quantitative estimate of drug-likeness (QED) is 0.395. The topological polar surface area (TPSA) is 99.2 Å². The fourth-order valence-corrected chi connectivity index (χ4v) is 5.70. The number of rotatable bonds is 6. The summed E-state index contributed by atoms with van der Waals surface area (Å²) in [5, 5.41) is 7.42. The van der Waals surface area contributed by atoms with Crippen molar-refractivity contribution in [2.75, 3.05) is 13.1 Å². The van der Waals surface area contributed by atoms with E-state index in [2.05, 4.69) is 10.1 Å². The molecule has 1 saturated carbocycles. The van der Waals surface area contributed by atoms with E-state index in [1.165, 1.54) is 12.1 Å². The summed E-state index contributed by atoms with van der Waals surface area (Å²) in [4.78, 5) is 24.3. The number of halogens is 1. The minimum atomic E-state index is -0.600. The third-order valence-corrected chi connectivity index (χ3v) is 8.10. The van der Waals surface area contributed by atoms with Crippen LogP contribution in [-0.2, 0) is 12.6 Å². The average Bonchev–Trinajstić information content (AvgIpc) is 3.31. The predicted molar refractivity (Wildman–Crippen MR) is 143 cm³/mol. The Hall–Kier alpha value is -3.63. The molecule has 1 amide bonds. The van der Waals surface area contributed by atoms with Gasteiger partial charge in [0.05, 0.1) is 10.7 Å². The van der Waals surface area contributed by atoms with Crippen LogP contribution in [0.1, 0.15) is 34.9 Å². The molecule has 3 aromatic heterocycles. The number of hydrogen-bond acceptors (Lipinski definition) is 7. The van der Waals surface area contributed by atoms with Gasteiger partial charge >= 0.3 is 0 Å². The van der Waals surface area contributed by atoms with Crippen molar-refractivity contribution >= 4 is 17.2 Å². The van der Waals surface area contributed by atoms with Gasteiger partial charge < -0.3 is 15.4 Å². The van der Waals surface area contributed by atoms with Crippen molar-refractivity contribution in [2.45, 2.75) is 32.4 Å². The van der Waals surface area contributed by atoms with Crippen LogP contribution in [0, 0.1) is 24.6 Å². The van der Waals surface area contributed by atoms with E-state index < -0.39 is 5.54 Å². The first-order valence-electron chi connectivity index (χ1n) is 12.6. The Morgan fingerprint density at radius 2 is 1.79 bits per heavy atom. The van der Waals surface area contributed by atoms with Crippen molar-refractivity contribution in [1.82, 2.24) is 24.6 Å². The average molecular weight is 533 g/mol. The molecule has 196 valence electrons. The number of pyridine rings is 1. The Morgan fingerprint density at radius 1 is 1.08 bits per heavy atom. The van der Waals surface area contributed by atoms with Crippen molar-refractivity contribution in [3.63, 3.8) is 0 Å². The van der Waals surface area contributed by atoms with Gasteiger partial charge in [0.2, 0.25) is 5.88 Å². The molecule has 4 heterocycles. The maximum atomic E-state index is 13.5. The fraction of sp³-hybridized carbons (Fsp3) is 0.357. The van der Waals surface area contributed by atoms with E-state index in [-0.39, 0.29) is 29.7 Å². The lowest BCUT2D eigenvalue weighted by Crippen LogP contribution is -2.34. The van der Waals surface area contributed by atoms with Crippen LogP contribution < -0.4 is 10.5 Å². The number of fused-ring (bicyclic) bond motifs is 1. The fourth-order valence-electron chi connectivity index (χ4n) is 5.09. The Labute approximate surface area is 224 Å². The number of nitrogens with zero attached hydrogens (tertiary/aromatic N) is 5. The van der Waals surface area contributed by atoms with Gasteiger partial charge in [0.15, 0.2) is 0 Å². The highest BCUT2D eigenvalue weighted by atomic mass is 32.1. The molecule has 4 aromatic rings. The summed E-state index contributed by atoms with van der Waals surface area (Å²) >= 11 is 1.56. The maximum Gasteiger partial charge on any atom is 0.272 e. The van der Waals surface area contributed by atoms with Crippen LogP contribution in [0.25, 0.3) is 22.6 Å². The number of amides is 1. The van der Waals surface area contributed by atoms with E-state index in [0.29, 0.717) is 36.1 Å². The molecular weight excluding hydrogens is 503 g/mol.